The number of nitrogens with zero attached hydrogens (tertiary/aromatic N) is 3. The van der Waals surface area contributed by atoms with E-state index in [1.54, 1.807) is 50.3 Å². The molecule has 0 unspecified atom stereocenters. The van der Waals surface area contributed by atoms with Gasteiger partial charge >= 0.3 is 12.3 Å². The summed E-state index contributed by atoms with van der Waals surface area (Å²) in [6.07, 6.45) is -1.48. The highest BCUT2D eigenvalue weighted by Gasteiger charge is 2.54. The van der Waals surface area contributed by atoms with Crippen LogP contribution in [0.2, 0.25) is 0 Å². The number of aromatic amines is 1. The maximum absolute atomic E-state index is 13.9. The van der Waals surface area contributed by atoms with E-state index < -0.39 is 30.6 Å². The molecule has 3 aromatic rings. The number of carbonyl (C=O) groups is 1. The minimum Gasteiger partial charge on any atom is -0.446 e. The molecule has 1 spiro atoms. The minimum absolute atomic E-state index is 0.0511. The first-order valence-corrected chi connectivity index (χ1v) is 15.2. The fraction of sp³-hybridized carbons (Fsp3) is 0.500. The number of hydrogen-bond acceptors (Lipinski definition) is 7. The van der Waals surface area contributed by atoms with Gasteiger partial charge in [-0.3, -0.25) is 0 Å². The van der Waals surface area contributed by atoms with Crippen LogP contribution < -0.4 is 10.6 Å². The Balaban J connectivity index is 1.32. The fourth-order valence-electron chi connectivity index (χ4n) is 5.40. The Hall–Kier alpha value is -3.11. The van der Waals surface area contributed by atoms with Crippen LogP contribution in [0.1, 0.15) is 32.3 Å². The molecule has 9 nitrogen and oxygen atoms in total. The van der Waals surface area contributed by atoms with E-state index in [-0.39, 0.29) is 35.3 Å². The summed E-state index contributed by atoms with van der Waals surface area (Å²) in [7, 11) is -2.69. The average molecular weight is 566 g/mol. The lowest BCUT2D eigenvalue weighted by molar-refractivity contribution is -0.137. The largest absolute Gasteiger partial charge is 0.446 e. The van der Waals surface area contributed by atoms with Gasteiger partial charge in [-0.2, -0.15) is 13.2 Å². The van der Waals surface area contributed by atoms with Gasteiger partial charge in [-0.15, -0.1) is 0 Å². The number of halogens is 3. The zero-order valence-electron chi connectivity index (χ0n) is 22.1. The molecule has 1 saturated heterocycles. The van der Waals surface area contributed by atoms with Gasteiger partial charge in [0.25, 0.3) is 0 Å². The molecule has 2 aliphatic rings. The van der Waals surface area contributed by atoms with Gasteiger partial charge in [-0.1, -0.05) is 12.1 Å². The first-order valence-electron chi connectivity index (χ1n) is 12.6. The van der Waals surface area contributed by atoms with Crippen molar-refractivity contribution in [2.75, 3.05) is 38.3 Å². The minimum atomic E-state index is -4.67. The van der Waals surface area contributed by atoms with Crippen molar-refractivity contribution in [3.8, 4) is 11.3 Å². The first kappa shape index (κ1) is 27.5. The van der Waals surface area contributed by atoms with Crippen LogP contribution in [0.4, 0.5) is 23.9 Å². The van der Waals surface area contributed by atoms with E-state index in [1.165, 1.54) is 6.20 Å². The smallest absolute Gasteiger partial charge is 0.419 e. The number of nitrogens with one attached hydrogen (secondary N) is 2. The molecule has 3 heterocycles. The monoisotopic (exact) mass is 565 g/mol. The summed E-state index contributed by atoms with van der Waals surface area (Å²) in [6, 6.07) is 5.02. The molecule has 1 aliphatic heterocycles. The lowest BCUT2D eigenvalue weighted by Gasteiger charge is -2.58. The zero-order chi connectivity index (χ0) is 28.4. The van der Waals surface area contributed by atoms with Crippen LogP contribution in [0.25, 0.3) is 22.2 Å². The van der Waals surface area contributed by atoms with Crippen molar-refractivity contribution in [1.29, 1.82) is 0 Å². The highest BCUT2D eigenvalue weighted by molar-refractivity contribution is 7.70. The normalized spacial score (nSPS) is 17.7. The molecule has 39 heavy (non-hydrogen) atoms. The second-order valence-corrected chi connectivity index (χ2v) is 14.9. The van der Waals surface area contributed by atoms with Crippen molar-refractivity contribution in [3.63, 3.8) is 0 Å². The molecule has 1 aromatic carbocycles. The third-order valence-electron chi connectivity index (χ3n) is 7.17. The third-order valence-corrected chi connectivity index (χ3v) is 8.71. The molecule has 1 aliphatic carbocycles. The number of amides is 1. The topological polar surface area (TPSA) is 120 Å². The number of para-hydroxylation sites is 1. The summed E-state index contributed by atoms with van der Waals surface area (Å²) in [4.78, 5) is 25.0. The van der Waals surface area contributed by atoms with E-state index in [0.29, 0.717) is 42.1 Å². The number of fused-ring (bicyclic) bond motifs is 1. The number of aliphatic hydroxyl groups is 1. The Labute approximate surface area is 223 Å². The van der Waals surface area contributed by atoms with Crippen molar-refractivity contribution in [1.82, 2.24) is 19.9 Å². The van der Waals surface area contributed by atoms with E-state index in [9.17, 15) is 27.6 Å². The third kappa shape index (κ3) is 5.49. The summed E-state index contributed by atoms with van der Waals surface area (Å²) < 4.78 is 59.7. The van der Waals surface area contributed by atoms with Crippen molar-refractivity contribution >= 4 is 35.4 Å². The number of H-pyrrole nitrogens is 1. The quantitative estimate of drug-likeness (QED) is 0.372. The summed E-state index contributed by atoms with van der Waals surface area (Å²) in [6.45, 7) is 7.28. The second kappa shape index (κ2) is 9.23. The number of aromatic nitrogens is 3. The van der Waals surface area contributed by atoms with Crippen molar-refractivity contribution in [3.05, 3.63) is 36.2 Å². The Kier molecular flexibility index (Phi) is 6.50. The summed E-state index contributed by atoms with van der Waals surface area (Å²) >= 11 is 0. The van der Waals surface area contributed by atoms with Gasteiger partial charge in [0, 0.05) is 53.2 Å². The van der Waals surface area contributed by atoms with Crippen LogP contribution in [-0.2, 0) is 15.5 Å². The highest BCUT2D eigenvalue weighted by Crippen LogP contribution is 2.49. The lowest BCUT2D eigenvalue weighted by Crippen LogP contribution is -2.66. The van der Waals surface area contributed by atoms with Gasteiger partial charge in [0.2, 0.25) is 5.95 Å². The Morgan fingerprint density at radius 1 is 1.28 bits per heavy atom. The lowest BCUT2D eigenvalue weighted by atomic mass is 9.61. The molecule has 3 N–H and O–H groups in total. The van der Waals surface area contributed by atoms with Crippen LogP contribution in [0, 0.1) is 5.41 Å². The maximum atomic E-state index is 13.9. The van der Waals surface area contributed by atoms with Gasteiger partial charge in [-0.05, 0) is 46.1 Å². The average Bonchev–Trinajstić information content (AvgIpc) is 3.20. The number of likely N-dealkylation sites (tertiary alicyclic amines) is 1. The number of carbonyl (C=O) groups excluding carboxylic acids is 1. The summed E-state index contributed by atoms with van der Waals surface area (Å²) in [5.74, 6) is 0.0841. The predicted octanol–water partition coefficient (Wildman–Crippen LogP) is 4.68. The number of alkyl halides is 3. The van der Waals surface area contributed by atoms with E-state index in [1.807, 2.05) is 0 Å². The molecule has 0 radical (unpaired) electrons. The van der Waals surface area contributed by atoms with E-state index in [0.717, 1.165) is 6.20 Å². The maximum Gasteiger partial charge on any atom is 0.419 e. The Morgan fingerprint density at radius 2 is 1.97 bits per heavy atom. The Morgan fingerprint density at radius 3 is 2.59 bits per heavy atom. The number of benzene rings is 1. The summed E-state index contributed by atoms with van der Waals surface area (Å²) in [5.41, 5.74) is -1.61. The number of rotatable bonds is 6. The van der Waals surface area contributed by atoms with Crippen molar-refractivity contribution in [2.45, 2.75) is 44.5 Å². The molecule has 210 valence electrons. The first-order chi connectivity index (χ1) is 18.0. The molecule has 2 aromatic heterocycles. The standard InChI is InChI=1S/C26H31F3N5O4P/c1-24(2,36)14-38-23(35)34-12-25(13-34)8-15(9-25)32-22-31-11-18(26(27,28)29)20(33-22)17-10-30-21-16(17)6-5-7-19(21)39(3,4)37/h5-7,10-11,15,30,36H,8-9,12-14H2,1-4H3,(H,31,32,33). The van der Waals surface area contributed by atoms with Gasteiger partial charge < -0.3 is 29.6 Å². The van der Waals surface area contributed by atoms with Gasteiger partial charge in [0.05, 0.1) is 16.8 Å². The van der Waals surface area contributed by atoms with Crippen LogP contribution in [0.5, 0.6) is 0 Å². The van der Waals surface area contributed by atoms with Crippen molar-refractivity contribution in [2.24, 2.45) is 5.41 Å². The molecule has 5 rings (SSSR count). The molecular weight excluding hydrogens is 534 g/mol. The number of hydrogen-bond donors (Lipinski definition) is 3. The van der Waals surface area contributed by atoms with Gasteiger partial charge in [-0.25, -0.2) is 14.8 Å². The molecule has 1 amide bonds. The molecule has 0 atom stereocenters. The van der Waals surface area contributed by atoms with Gasteiger partial charge in [0.15, 0.2) is 0 Å². The zero-order valence-corrected chi connectivity index (χ0v) is 23.0. The highest BCUT2D eigenvalue weighted by atomic mass is 31.2. The summed E-state index contributed by atoms with van der Waals surface area (Å²) in [5, 5.41) is 13.9. The molecule has 13 heteroatoms. The molecular formula is C26H31F3N5O4P. The SMILES string of the molecule is CC(C)(O)COC(=O)N1CC2(CC(Nc3ncc(C(F)(F)F)c(-c4c[nH]c5c(P(C)(C)=O)cccc45)n3)C2)C1. The van der Waals surface area contributed by atoms with Crippen molar-refractivity contribution < 1.29 is 32.4 Å². The van der Waals surface area contributed by atoms with Crippen LogP contribution in [-0.4, -0.2) is 75.7 Å². The predicted molar refractivity (Wildman–Crippen MR) is 142 cm³/mol. The number of anilines is 1. The van der Waals surface area contributed by atoms with Crippen LogP contribution in [0.15, 0.2) is 30.6 Å². The second-order valence-electron chi connectivity index (χ2n) is 11.7. The molecule has 0 bridgehead atoms. The number of ether oxygens (including phenoxy) is 1. The molecule has 1 saturated carbocycles. The van der Waals surface area contributed by atoms with E-state index >= 15 is 0 Å². The van der Waals surface area contributed by atoms with Gasteiger partial charge in [0.1, 0.15) is 19.3 Å². The van der Waals surface area contributed by atoms with E-state index in [2.05, 4.69) is 20.3 Å². The Bertz CT molecular complexity index is 1460. The van der Waals surface area contributed by atoms with Crippen LogP contribution in [0.3, 0.4) is 0 Å². The fourth-order valence-corrected chi connectivity index (χ4v) is 6.57. The van der Waals surface area contributed by atoms with Crippen LogP contribution >= 0.6 is 7.14 Å². The van der Waals surface area contributed by atoms with E-state index in [4.69, 9.17) is 4.74 Å². The molecule has 2 fully saturated rings.